The van der Waals surface area contributed by atoms with Gasteiger partial charge in [-0.25, -0.2) is 0 Å². The predicted octanol–water partition coefficient (Wildman–Crippen LogP) is 5.22. The zero-order valence-corrected chi connectivity index (χ0v) is 16.8. The maximum absolute atomic E-state index is 13.1. The largest absolute Gasteiger partial charge is 0.495 e. The highest BCUT2D eigenvalue weighted by atomic mass is 35.5. The molecule has 0 saturated heterocycles. The molecule has 0 radical (unpaired) electrons. The van der Waals surface area contributed by atoms with E-state index in [0.29, 0.717) is 23.0 Å². The molecule has 3 aromatic rings. The molecule has 4 nitrogen and oxygen atoms in total. The molecular weight excluding hydrogens is 380 g/mol. The Kier molecular flexibility index (Phi) is 6.50. The van der Waals surface area contributed by atoms with Crippen LogP contribution in [0.4, 0.5) is 5.69 Å². The minimum atomic E-state index is -0.424. The Hall–Kier alpha value is -2.34. The Morgan fingerprint density at radius 3 is 2.63 bits per heavy atom. The van der Waals surface area contributed by atoms with Crippen LogP contribution in [0.25, 0.3) is 0 Å². The molecule has 1 atom stereocenters. The van der Waals surface area contributed by atoms with Gasteiger partial charge < -0.3 is 10.1 Å². The van der Waals surface area contributed by atoms with E-state index in [4.69, 9.17) is 16.3 Å². The molecule has 1 N–H and O–H groups in total. The maximum Gasteiger partial charge on any atom is 0.246 e. The van der Waals surface area contributed by atoms with Crippen LogP contribution in [-0.4, -0.2) is 25.0 Å². The number of likely N-dealkylation sites (N-methyl/N-ethyl adjacent to an activating group) is 1. The van der Waals surface area contributed by atoms with Gasteiger partial charge in [0.2, 0.25) is 5.91 Å². The summed E-state index contributed by atoms with van der Waals surface area (Å²) in [7, 11) is 3.51. The van der Waals surface area contributed by atoms with Gasteiger partial charge in [-0.05, 0) is 53.2 Å². The molecule has 3 rings (SSSR count). The molecule has 0 aliphatic rings. The van der Waals surface area contributed by atoms with Crippen molar-refractivity contribution < 1.29 is 9.53 Å². The molecule has 0 fully saturated rings. The lowest BCUT2D eigenvalue weighted by Gasteiger charge is -2.27. The zero-order valence-electron chi connectivity index (χ0n) is 15.2. The molecule has 0 saturated carbocycles. The standard InChI is InChI=1S/C21H21ClN2O2S/c1-24(13-15-10-11-27-14-15)20(16-6-4-3-5-7-16)21(25)23-17-8-9-19(26-2)18(22)12-17/h3-12,14,20H,13H2,1-2H3,(H,23,25)/t20-/m0/s1. The van der Waals surface area contributed by atoms with E-state index in [-0.39, 0.29) is 5.91 Å². The monoisotopic (exact) mass is 400 g/mol. The number of nitrogens with zero attached hydrogens (tertiary/aromatic N) is 1. The van der Waals surface area contributed by atoms with Crippen LogP contribution in [0.1, 0.15) is 17.2 Å². The average Bonchev–Trinajstić information content (AvgIpc) is 3.16. The third-order valence-corrected chi connectivity index (χ3v) is 5.26. The van der Waals surface area contributed by atoms with Crippen LogP contribution in [0.5, 0.6) is 5.75 Å². The van der Waals surface area contributed by atoms with Gasteiger partial charge in [0.1, 0.15) is 11.8 Å². The van der Waals surface area contributed by atoms with Crippen LogP contribution in [-0.2, 0) is 11.3 Å². The topological polar surface area (TPSA) is 41.6 Å². The highest BCUT2D eigenvalue weighted by Crippen LogP contribution is 2.29. The minimum Gasteiger partial charge on any atom is -0.495 e. The van der Waals surface area contributed by atoms with Gasteiger partial charge in [0.25, 0.3) is 0 Å². The molecule has 1 amide bonds. The van der Waals surface area contributed by atoms with Crippen LogP contribution < -0.4 is 10.1 Å². The van der Waals surface area contributed by atoms with Crippen molar-refractivity contribution in [3.63, 3.8) is 0 Å². The molecular formula is C21H21ClN2O2S. The maximum atomic E-state index is 13.1. The number of benzene rings is 2. The number of thiophene rings is 1. The van der Waals surface area contributed by atoms with Gasteiger partial charge in [0, 0.05) is 12.2 Å². The number of hydrogen-bond acceptors (Lipinski definition) is 4. The van der Waals surface area contributed by atoms with E-state index in [9.17, 15) is 4.79 Å². The first-order chi connectivity index (χ1) is 13.1. The molecule has 6 heteroatoms. The van der Waals surface area contributed by atoms with E-state index in [1.165, 1.54) is 5.56 Å². The fourth-order valence-electron chi connectivity index (χ4n) is 2.96. The minimum absolute atomic E-state index is 0.111. The van der Waals surface area contributed by atoms with E-state index >= 15 is 0 Å². The SMILES string of the molecule is COc1ccc(NC(=O)[C@H](c2ccccc2)N(C)Cc2ccsc2)cc1Cl. The Balaban J connectivity index is 1.83. The second-order valence-corrected chi connectivity index (χ2v) is 7.39. The number of ether oxygens (including phenoxy) is 1. The van der Waals surface area contributed by atoms with Gasteiger partial charge in [-0.15, -0.1) is 0 Å². The molecule has 0 aliphatic heterocycles. The molecule has 0 spiro atoms. The third-order valence-electron chi connectivity index (χ3n) is 4.24. The Labute approximate surface area is 168 Å². The Morgan fingerprint density at radius 2 is 2.00 bits per heavy atom. The Bertz CT molecular complexity index is 884. The van der Waals surface area contributed by atoms with E-state index in [2.05, 4.69) is 16.8 Å². The molecule has 1 heterocycles. The van der Waals surface area contributed by atoms with Crippen molar-refractivity contribution >= 4 is 34.5 Å². The number of methoxy groups -OCH3 is 1. The normalized spacial score (nSPS) is 12.0. The van der Waals surface area contributed by atoms with Gasteiger partial charge in [-0.3, -0.25) is 9.69 Å². The molecule has 2 aromatic carbocycles. The fourth-order valence-corrected chi connectivity index (χ4v) is 3.88. The van der Waals surface area contributed by atoms with Crippen molar-refractivity contribution in [1.29, 1.82) is 0 Å². The molecule has 0 bridgehead atoms. The van der Waals surface area contributed by atoms with E-state index in [0.717, 1.165) is 5.56 Å². The van der Waals surface area contributed by atoms with E-state index < -0.39 is 6.04 Å². The van der Waals surface area contributed by atoms with Gasteiger partial charge in [-0.2, -0.15) is 11.3 Å². The van der Waals surface area contributed by atoms with E-state index in [1.807, 2.05) is 47.7 Å². The lowest BCUT2D eigenvalue weighted by Crippen LogP contribution is -2.34. The number of nitrogens with one attached hydrogen (secondary N) is 1. The summed E-state index contributed by atoms with van der Waals surface area (Å²) >= 11 is 7.83. The average molecular weight is 401 g/mol. The van der Waals surface area contributed by atoms with Crippen molar-refractivity contribution in [2.45, 2.75) is 12.6 Å². The van der Waals surface area contributed by atoms with Crippen molar-refractivity contribution in [2.24, 2.45) is 0 Å². The zero-order chi connectivity index (χ0) is 19.2. The second kappa shape index (κ2) is 9.04. The third kappa shape index (κ3) is 4.89. The highest BCUT2D eigenvalue weighted by Gasteiger charge is 2.25. The first kappa shape index (κ1) is 19.4. The van der Waals surface area contributed by atoms with Gasteiger partial charge in [-0.1, -0.05) is 41.9 Å². The second-order valence-electron chi connectivity index (χ2n) is 6.20. The number of amides is 1. The summed E-state index contributed by atoms with van der Waals surface area (Å²) in [6, 6.07) is 16.6. The van der Waals surface area contributed by atoms with Crippen molar-refractivity contribution in [3.05, 3.63) is 81.5 Å². The first-order valence-electron chi connectivity index (χ1n) is 8.49. The summed E-state index contributed by atoms with van der Waals surface area (Å²) in [4.78, 5) is 15.2. The van der Waals surface area contributed by atoms with Crippen LogP contribution in [0.15, 0.2) is 65.4 Å². The van der Waals surface area contributed by atoms with Gasteiger partial charge in [0.05, 0.1) is 12.1 Å². The summed E-state index contributed by atoms with van der Waals surface area (Å²) in [5, 5.41) is 7.57. The summed E-state index contributed by atoms with van der Waals surface area (Å²) < 4.78 is 5.17. The van der Waals surface area contributed by atoms with Crippen molar-refractivity contribution in [1.82, 2.24) is 4.90 Å². The van der Waals surface area contributed by atoms with Crippen LogP contribution in [0, 0.1) is 0 Å². The number of anilines is 1. The molecule has 27 heavy (non-hydrogen) atoms. The number of carbonyl (C=O) groups is 1. The van der Waals surface area contributed by atoms with E-state index in [1.54, 1.807) is 36.6 Å². The van der Waals surface area contributed by atoms with Crippen molar-refractivity contribution in [3.8, 4) is 5.75 Å². The fraction of sp³-hybridized carbons (Fsp3) is 0.190. The molecule has 140 valence electrons. The lowest BCUT2D eigenvalue weighted by molar-refractivity contribution is -0.121. The van der Waals surface area contributed by atoms with Crippen LogP contribution in [0.3, 0.4) is 0 Å². The first-order valence-corrected chi connectivity index (χ1v) is 9.81. The molecule has 1 aromatic heterocycles. The molecule has 0 aliphatic carbocycles. The summed E-state index contributed by atoms with van der Waals surface area (Å²) in [5.74, 6) is 0.462. The number of hydrogen-bond donors (Lipinski definition) is 1. The molecule has 0 unspecified atom stereocenters. The quantitative estimate of drug-likeness (QED) is 0.591. The Morgan fingerprint density at radius 1 is 1.22 bits per heavy atom. The summed E-state index contributed by atoms with van der Waals surface area (Å²) in [6.07, 6.45) is 0. The summed E-state index contributed by atoms with van der Waals surface area (Å²) in [5.41, 5.74) is 2.76. The predicted molar refractivity (Wildman–Crippen MR) is 112 cm³/mol. The summed E-state index contributed by atoms with van der Waals surface area (Å²) in [6.45, 7) is 0.680. The van der Waals surface area contributed by atoms with Gasteiger partial charge in [0.15, 0.2) is 0 Å². The number of rotatable bonds is 7. The lowest BCUT2D eigenvalue weighted by atomic mass is 10.0. The van der Waals surface area contributed by atoms with Gasteiger partial charge >= 0.3 is 0 Å². The smallest absolute Gasteiger partial charge is 0.246 e. The number of halogens is 1. The number of carbonyl (C=O) groups excluding carboxylic acids is 1. The highest BCUT2D eigenvalue weighted by molar-refractivity contribution is 7.07. The van der Waals surface area contributed by atoms with Crippen molar-refractivity contribution in [2.75, 3.05) is 19.5 Å². The van der Waals surface area contributed by atoms with Crippen LogP contribution in [0.2, 0.25) is 5.02 Å². The van der Waals surface area contributed by atoms with Crippen LogP contribution >= 0.6 is 22.9 Å².